The largest absolute Gasteiger partial charge is 0.496 e. The Labute approximate surface area is 232 Å². The number of carbonyl (C=O) groups excluding carboxylic acids is 1. The molecule has 40 heavy (non-hydrogen) atoms. The van der Waals surface area contributed by atoms with Gasteiger partial charge in [0.1, 0.15) is 28.5 Å². The smallest absolute Gasteiger partial charge is 0.387 e. The normalized spacial score (nSPS) is 18.7. The zero-order valence-corrected chi connectivity index (χ0v) is 22.7. The van der Waals surface area contributed by atoms with Crippen LogP contribution in [0, 0.1) is 5.92 Å². The second-order valence-electron chi connectivity index (χ2n) is 11.1. The summed E-state index contributed by atoms with van der Waals surface area (Å²) in [5.41, 5.74) is 2.15. The molecule has 3 heterocycles. The summed E-state index contributed by atoms with van der Waals surface area (Å²) in [5.74, 6) is 0.778. The molecule has 1 aliphatic heterocycles. The van der Waals surface area contributed by atoms with Crippen molar-refractivity contribution in [1.82, 2.24) is 14.3 Å². The van der Waals surface area contributed by atoms with Crippen molar-refractivity contribution >= 4 is 11.4 Å². The van der Waals surface area contributed by atoms with Crippen LogP contribution in [0.2, 0.25) is 0 Å². The number of benzene rings is 1. The fourth-order valence-electron chi connectivity index (χ4n) is 5.92. The van der Waals surface area contributed by atoms with E-state index in [9.17, 15) is 13.6 Å². The lowest BCUT2D eigenvalue weighted by molar-refractivity contribution is -0.107. The van der Waals surface area contributed by atoms with E-state index in [2.05, 4.69) is 9.88 Å². The SMILES string of the molecule is COc1cc(-c2cnc3cc(OCCCN4CCOCC45CCC5)ccn23)cc(OC(F)F)c1C(=O)CC1CC1. The fraction of sp³-hybridized carbons (Fsp3) is 0.533. The Kier molecular flexibility index (Phi) is 7.63. The first kappa shape index (κ1) is 27.0. The number of hydrogen-bond acceptors (Lipinski definition) is 7. The number of imidazole rings is 1. The Hall–Kier alpha value is -3.24. The van der Waals surface area contributed by atoms with E-state index in [1.807, 2.05) is 22.7 Å². The highest BCUT2D eigenvalue weighted by atomic mass is 19.3. The number of morpholine rings is 1. The molecule has 0 unspecified atom stereocenters. The summed E-state index contributed by atoms with van der Waals surface area (Å²) in [4.78, 5) is 20.0. The molecule has 2 aromatic heterocycles. The zero-order chi connectivity index (χ0) is 27.7. The third kappa shape index (κ3) is 5.51. The molecule has 6 rings (SSSR count). The summed E-state index contributed by atoms with van der Waals surface area (Å²) < 4.78 is 50.6. The average molecular weight is 556 g/mol. The number of ketones is 1. The van der Waals surface area contributed by atoms with Crippen molar-refractivity contribution in [1.29, 1.82) is 0 Å². The van der Waals surface area contributed by atoms with E-state index in [4.69, 9.17) is 18.9 Å². The van der Waals surface area contributed by atoms with E-state index in [0.717, 1.165) is 45.6 Å². The Bertz CT molecular complexity index is 1370. The van der Waals surface area contributed by atoms with E-state index < -0.39 is 6.61 Å². The molecule has 1 aromatic carbocycles. The molecule has 1 spiro atoms. The number of hydrogen-bond donors (Lipinski definition) is 0. The summed E-state index contributed by atoms with van der Waals surface area (Å²) in [7, 11) is 1.42. The second-order valence-corrected chi connectivity index (χ2v) is 11.1. The third-order valence-corrected chi connectivity index (χ3v) is 8.40. The number of carbonyl (C=O) groups is 1. The maximum Gasteiger partial charge on any atom is 0.387 e. The number of ether oxygens (including phenoxy) is 4. The Balaban J connectivity index is 1.17. The lowest BCUT2D eigenvalue weighted by Gasteiger charge is -2.52. The number of halogens is 2. The molecule has 8 nitrogen and oxygen atoms in total. The van der Waals surface area contributed by atoms with Gasteiger partial charge in [-0.1, -0.05) is 0 Å². The van der Waals surface area contributed by atoms with Gasteiger partial charge in [0.15, 0.2) is 5.78 Å². The minimum atomic E-state index is -3.07. The van der Waals surface area contributed by atoms with Gasteiger partial charge in [0.2, 0.25) is 0 Å². The molecule has 0 N–H and O–H groups in total. The van der Waals surface area contributed by atoms with E-state index in [-0.39, 0.29) is 28.4 Å². The van der Waals surface area contributed by atoms with Gasteiger partial charge in [-0.05, 0) is 62.6 Å². The van der Waals surface area contributed by atoms with E-state index in [1.54, 1.807) is 12.3 Å². The summed E-state index contributed by atoms with van der Waals surface area (Å²) in [6, 6.07) is 6.85. The summed E-state index contributed by atoms with van der Waals surface area (Å²) in [5, 5.41) is 0. The molecule has 3 aliphatic rings. The second kappa shape index (κ2) is 11.3. The van der Waals surface area contributed by atoms with Crippen LogP contribution in [0.4, 0.5) is 8.78 Å². The third-order valence-electron chi connectivity index (χ3n) is 8.40. The highest BCUT2D eigenvalue weighted by molar-refractivity contribution is 6.02. The van der Waals surface area contributed by atoms with Gasteiger partial charge in [0, 0.05) is 42.9 Å². The van der Waals surface area contributed by atoms with Gasteiger partial charge in [0.05, 0.1) is 38.8 Å². The predicted molar refractivity (Wildman–Crippen MR) is 145 cm³/mol. The van der Waals surface area contributed by atoms with Crippen molar-refractivity contribution in [2.75, 3.05) is 40.0 Å². The Morgan fingerprint density at radius 2 is 2.05 bits per heavy atom. The number of pyridine rings is 1. The molecule has 3 fully saturated rings. The van der Waals surface area contributed by atoms with Gasteiger partial charge >= 0.3 is 6.61 Å². The molecule has 10 heteroatoms. The minimum absolute atomic E-state index is 0.0586. The van der Waals surface area contributed by atoms with Crippen molar-refractivity contribution in [2.45, 2.75) is 57.1 Å². The van der Waals surface area contributed by atoms with Gasteiger partial charge in [-0.2, -0.15) is 8.78 Å². The van der Waals surface area contributed by atoms with Crippen molar-refractivity contribution < 1.29 is 32.5 Å². The number of Topliss-reactive ketones (excluding diaryl/α,β-unsaturated/α-hetero) is 1. The molecule has 0 amide bonds. The molecule has 1 saturated heterocycles. The highest BCUT2D eigenvalue weighted by Gasteiger charge is 2.44. The van der Waals surface area contributed by atoms with Crippen LogP contribution in [0.3, 0.4) is 0 Å². The maximum absolute atomic E-state index is 13.3. The average Bonchev–Trinajstić information content (AvgIpc) is 3.64. The molecular weight excluding hydrogens is 520 g/mol. The Morgan fingerprint density at radius 3 is 2.77 bits per heavy atom. The van der Waals surface area contributed by atoms with Crippen LogP contribution >= 0.6 is 0 Å². The number of alkyl halides is 2. The molecule has 2 saturated carbocycles. The molecular formula is C30H35F2N3O5. The van der Waals surface area contributed by atoms with Crippen LogP contribution < -0.4 is 14.2 Å². The fourth-order valence-corrected chi connectivity index (χ4v) is 5.92. The number of fused-ring (bicyclic) bond motifs is 1. The Morgan fingerprint density at radius 1 is 1.23 bits per heavy atom. The zero-order valence-electron chi connectivity index (χ0n) is 22.7. The number of aromatic nitrogens is 2. The van der Waals surface area contributed by atoms with Crippen LogP contribution in [0.15, 0.2) is 36.7 Å². The number of methoxy groups -OCH3 is 1. The van der Waals surface area contributed by atoms with Gasteiger partial charge in [-0.3, -0.25) is 14.1 Å². The van der Waals surface area contributed by atoms with Crippen LogP contribution in [0.1, 0.15) is 55.3 Å². The van der Waals surface area contributed by atoms with E-state index in [0.29, 0.717) is 41.6 Å². The van der Waals surface area contributed by atoms with Gasteiger partial charge in [0.25, 0.3) is 0 Å². The van der Waals surface area contributed by atoms with Crippen molar-refractivity contribution in [3.63, 3.8) is 0 Å². The maximum atomic E-state index is 13.3. The first-order chi connectivity index (χ1) is 19.5. The first-order valence-corrected chi connectivity index (χ1v) is 14.1. The number of nitrogens with zero attached hydrogens (tertiary/aromatic N) is 3. The molecule has 214 valence electrons. The van der Waals surface area contributed by atoms with Gasteiger partial charge < -0.3 is 18.9 Å². The van der Waals surface area contributed by atoms with Crippen molar-refractivity contribution in [2.24, 2.45) is 5.92 Å². The summed E-state index contributed by atoms with van der Waals surface area (Å²) in [6.07, 6.45) is 10.4. The topological polar surface area (TPSA) is 74.5 Å². The van der Waals surface area contributed by atoms with E-state index in [1.165, 1.54) is 32.4 Å². The van der Waals surface area contributed by atoms with Crippen LogP contribution in [-0.2, 0) is 4.74 Å². The molecule has 0 bridgehead atoms. The van der Waals surface area contributed by atoms with Crippen molar-refractivity contribution in [3.8, 4) is 28.5 Å². The monoisotopic (exact) mass is 555 g/mol. The van der Waals surface area contributed by atoms with Crippen LogP contribution in [0.5, 0.6) is 17.2 Å². The highest BCUT2D eigenvalue weighted by Crippen LogP contribution is 2.41. The number of rotatable bonds is 12. The van der Waals surface area contributed by atoms with Gasteiger partial charge in [-0.25, -0.2) is 4.98 Å². The lowest BCUT2D eigenvalue weighted by atomic mass is 9.75. The van der Waals surface area contributed by atoms with Gasteiger partial charge in [-0.15, -0.1) is 0 Å². The molecule has 0 atom stereocenters. The van der Waals surface area contributed by atoms with Crippen LogP contribution in [0.25, 0.3) is 16.9 Å². The van der Waals surface area contributed by atoms with Crippen molar-refractivity contribution in [3.05, 3.63) is 42.2 Å². The summed E-state index contributed by atoms with van der Waals surface area (Å²) in [6.45, 7) is 1.13. The van der Waals surface area contributed by atoms with E-state index >= 15 is 0 Å². The standard InChI is InChI=1S/C30H35F2N3O5/c1-37-25-15-21(16-26(40-29(31)32)28(25)24(36)14-20-4-5-20)23-18-33-27-17-22(6-10-35(23)27)39-12-3-9-34-11-13-38-19-30(34)7-2-8-30/h6,10,15-18,20,29H,2-5,7-9,11-14,19H2,1H3. The molecule has 3 aromatic rings. The first-order valence-electron chi connectivity index (χ1n) is 14.1. The lowest BCUT2D eigenvalue weighted by Crippen LogP contribution is -2.61. The summed E-state index contributed by atoms with van der Waals surface area (Å²) >= 11 is 0. The predicted octanol–water partition coefficient (Wildman–Crippen LogP) is 5.62. The van der Waals surface area contributed by atoms with Crippen LogP contribution in [-0.4, -0.2) is 72.2 Å². The molecule has 0 radical (unpaired) electrons. The molecule has 2 aliphatic carbocycles. The quantitative estimate of drug-likeness (QED) is 0.212. The minimum Gasteiger partial charge on any atom is -0.496 e.